The summed E-state index contributed by atoms with van der Waals surface area (Å²) in [6.07, 6.45) is 1.48. The van der Waals surface area contributed by atoms with E-state index in [1.807, 2.05) is 24.3 Å². The van der Waals surface area contributed by atoms with Gasteiger partial charge in [-0.25, -0.2) is 9.78 Å². The second kappa shape index (κ2) is 5.89. The highest BCUT2D eigenvalue weighted by atomic mass is 32.1. The van der Waals surface area contributed by atoms with E-state index in [4.69, 9.17) is 4.42 Å². The van der Waals surface area contributed by atoms with Crippen LogP contribution in [0.25, 0.3) is 32.8 Å². The van der Waals surface area contributed by atoms with Crippen LogP contribution in [0.4, 0.5) is 0 Å². The summed E-state index contributed by atoms with van der Waals surface area (Å²) in [5, 5.41) is 20.2. The zero-order chi connectivity index (χ0) is 17.4. The molecule has 6 heteroatoms. The Morgan fingerprint density at radius 1 is 1.24 bits per heavy atom. The van der Waals surface area contributed by atoms with Gasteiger partial charge in [0, 0.05) is 11.5 Å². The summed E-state index contributed by atoms with van der Waals surface area (Å²) in [5.41, 5.74) is 1.08. The van der Waals surface area contributed by atoms with Crippen LogP contribution < -0.4 is 5.63 Å². The monoisotopic (exact) mass is 346 g/mol. The summed E-state index contributed by atoms with van der Waals surface area (Å²) in [4.78, 5) is 16.6. The van der Waals surface area contributed by atoms with Crippen LogP contribution >= 0.6 is 11.3 Å². The molecule has 1 N–H and O–H groups in total. The number of nitriles is 1. The van der Waals surface area contributed by atoms with Crippen molar-refractivity contribution in [2.24, 2.45) is 0 Å². The first kappa shape index (κ1) is 15.1. The minimum Gasteiger partial charge on any atom is -0.508 e. The van der Waals surface area contributed by atoms with Gasteiger partial charge in [-0.1, -0.05) is 12.1 Å². The molecule has 0 spiro atoms. The molecule has 0 atom stereocenters. The summed E-state index contributed by atoms with van der Waals surface area (Å²) in [7, 11) is 0. The number of benzene rings is 2. The van der Waals surface area contributed by atoms with Crippen molar-refractivity contribution in [1.29, 1.82) is 5.26 Å². The van der Waals surface area contributed by atoms with Crippen LogP contribution in [-0.2, 0) is 0 Å². The van der Waals surface area contributed by atoms with E-state index in [0.29, 0.717) is 21.5 Å². The average Bonchev–Trinajstić information content (AvgIpc) is 3.03. The van der Waals surface area contributed by atoms with Crippen LogP contribution in [0.1, 0.15) is 10.6 Å². The van der Waals surface area contributed by atoms with E-state index >= 15 is 0 Å². The first-order valence-corrected chi connectivity index (χ1v) is 8.20. The van der Waals surface area contributed by atoms with Crippen molar-refractivity contribution >= 4 is 44.2 Å². The predicted molar refractivity (Wildman–Crippen MR) is 97.3 cm³/mol. The molecule has 0 aliphatic carbocycles. The lowest BCUT2D eigenvalue weighted by Crippen LogP contribution is -2.02. The standard InChI is InChI=1S/C19H10N2O3S/c20-10-13(18-21-15-3-1-2-4-17(15)25-18)8-12-7-11-5-6-14(22)9-16(11)24-19(12)23/h1-9,22H/b13-8+. The van der Waals surface area contributed by atoms with E-state index in [0.717, 1.165) is 10.2 Å². The number of aromatic nitrogens is 1. The van der Waals surface area contributed by atoms with Crippen LogP contribution in [0.5, 0.6) is 5.75 Å². The Morgan fingerprint density at radius 3 is 2.88 bits per heavy atom. The molecule has 0 amide bonds. The Kier molecular flexibility index (Phi) is 3.56. The molecule has 0 aliphatic rings. The molecule has 0 saturated carbocycles. The summed E-state index contributed by atoms with van der Waals surface area (Å²) < 4.78 is 6.20. The fraction of sp³-hybridized carbons (Fsp3) is 0. The molecule has 0 bridgehead atoms. The molecule has 25 heavy (non-hydrogen) atoms. The number of aromatic hydroxyl groups is 1. The van der Waals surface area contributed by atoms with Gasteiger partial charge in [-0.05, 0) is 36.4 Å². The Bertz CT molecular complexity index is 1210. The van der Waals surface area contributed by atoms with Crippen LogP contribution in [0.3, 0.4) is 0 Å². The van der Waals surface area contributed by atoms with Crippen molar-refractivity contribution in [2.75, 3.05) is 0 Å². The van der Waals surface area contributed by atoms with Gasteiger partial charge in [-0.3, -0.25) is 0 Å². The smallest absolute Gasteiger partial charge is 0.343 e. The van der Waals surface area contributed by atoms with E-state index in [-0.39, 0.29) is 11.3 Å². The zero-order valence-corrected chi connectivity index (χ0v) is 13.6. The van der Waals surface area contributed by atoms with Crippen molar-refractivity contribution in [3.63, 3.8) is 0 Å². The van der Waals surface area contributed by atoms with Crippen LogP contribution in [0.2, 0.25) is 0 Å². The zero-order valence-electron chi connectivity index (χ0n) is 12.8. The molecular weight excluding hydrogens is 336 g/mol. The first-order valence-electron chi connectivity index (χ1n) is 7.39. The number of phenols is 1. The lowest BCUT2D eigenvalue weighted by Gasteiger charge is -2.00. The minimum atomic E-state index is -0.577. The predicted octanol–water partition coefficient (Wildman–Crippen LogP) is 4.17. The van der Waals surface area contributed by atoms with Crippen LogP contribution in [-0.4, -0.2) is 10.1 Å². The second-order valence-electron chi connectivity index (χ2n) is 5.37. The van der Waals surface area contributed by atoms with Crippen molar-refractivity contribution in [2.45, 2.75) is 0 Å². The molecule has 2 aromatic heterocycles. The molecule has 0 unspecified atom stereocenters. The maximum atomic E-state index is 12.2. The van der Waals surface area contributed by atoms with E-state index in [1.165, 1.54) is 29.5 Å². The number of rotatable bonds is 2. The van der Waals surface area contributed by atoms with Crippen molar-refractivity contribution in [1.82, 2.24) is 4.98 Å². The molecule has 2 heterocycles. The van der Waals surface area contributed by atoms with Gasteiger partial charge in [0.2, 0.25) is 0 Å². The number of allylic oxidation sites excluding steroid dienone is 1. The fourth-order valence-electron chi connectivity index (χ4n) is 2.50. The molecule has 2 aromatic carbocycles. The summed E-state index contributed by atoms with van der Waals surface area (Å²) in [6.45, 7) is 0. The lowest BCUT2D eigenvalue weighted by molar-refractivity contribution is 0.473. The van der Waals surface area contributed by atoms with Gasteiger partial charge in [0.15, 0.2) is 0 Å². The number of para-hydroxylation sites is 1. The Hall–Kier alpha value is -3.43. The Morgan fingerprint density at radius 2 is 2.08 bits per heavy atom. The van der Waals surface area contributed by atoms with Gasteiger partial charge in [0.1, 0.15) is 22.4 Å². The number of phenolic OH excluding ortho intramolecular Hbond substituents is 1. The quantitative estimate of drug-likeness (QED) is 0.435. The van der Waals surface area contributed by atoms with Crippen molar-refractivity contribution in [3.8, 4) is 11.8 Å². The molecule has 4 aromatic rings. The van der Waals surface area contributed by atoms with Gasteiger partial charge in [0.05, 0.1) is 21.4 Å². The number of thiazole rings is 1. The molecule has 5 nitrogen and oxygen atoms in total. The number of fused-ring (bicyclic) bond motifs is 2. The second-order valence-corrected chi connectivity index (χ2v) is 6.40. The maximum absolute atomic E-state index is 12.2. The number of nitrogens with zero attached hydrogens (tertiary/aromatic N) is 2. The number of hydrogen-bond donors (Lipinski definition) is 1. The third-order valence-corrected chi connectivity index (χ3v) is 4.76. The highest BCUT2D eigenvalue weighted by molar-refractivity contribution is 7.19. The Labute approximate surface area is 145 Å². The normalized spacial score (nSPS) is 11.7. The minimum absolute atomic E-state index is 0.0196. The van der Waals surface area contributed by atoms with Gasteiger partial charge >= 0.3 is 5.63 Å². The largest absolute Gasteiger partial charge is 0.508 e. The Balaban J connectivity index is 1.86. The highest BCUT2D eigenvalue weighted by Crippen LogP contribution is 2.28. The van der Waals surface area contributed by atoms with Crippen LogP contribution in [0.15, 0.2) is 57.7 Å². The van der Waals surface area contributed by atoms with E-state index in [2.05, 4.69) is 11.1 Å². The van der Waals surface area contributed by atoms with Crippen LogP contribution in [0, 0.1) is 11.3 Å². The molecule has 4 rings (SSSR count). The number of hydrogen-bond acceptors (Lipinski definition) is 6. The molecule has 0 saturated heterocycles. The van der Waals surface area contributed by atoms with Gasteiger partial charge < -0.3 is 9.52 Å². The van der Waals surface area contributed by atoms with Crippen molar-refractivity contribution in [3.05, 3.63) is 69.5 Å². The first-order chi connectivity index (χ1) is 12.1. The summed E-state index contributed by atoms with van der Waals surface area (Å²) in [5.74, 6) is 0.0196. The maximum Gasteiger partial charge on any atom is 0.343 e. The van der Waals surface area contributed by atoms with E-state index in [1.54, 1.807) is 12.1 Å². The molecule has 0 fully saturated rings. The third kappa shape index (κ3) is 2.77. The van der Waals surface area contributed by atoms with E-state index < -0.39 is 5.63 Å². The molecule has 0 radical (unpaired) electrons. The van der Waals surface area contributed by atoms with Gasteiger partial charge in [-0.15, -0.1) is 11.3 Å². The topological polar surface area (TPSA) is 87.1 Å². The van der Waals surface area contributed by atoms with E-state index in [9.17, 15) is 15.2 Å². The van der Waals surface area contributed by atoms with Crippen molar-refractivity contribution < 1.29 is 9.52 Å². The SMILES string of the molecule is N#C/C(=C\c1cc2ccc(O)cc2oc1=O)c1nc2ccccc2s1. The average molecular weight is 346 g/mol. The van der Waals surface area contributed by atoms with Gasteiger partial charge in [-0.2, -0.15) is 5.26 Å². The highest BCUT2D eigenvalue weighted by Gasteiger charge is 2.11. The third-order valence-electron chi connectivity index (χ3n) is 3.69. The fourth-order valence-corrected chi connectivity index (χ4v) is 3.43. The lowest BCUT2D eigenvalue weighted by atomic mass is 10.1. The molecule has 0 aliphatic heterocycles. The van der Waals surface area contributed by atoms with Gasteiger partial charge in [0.25, 0.3) is 0 Å². The molecular formula is C19H10N2O3S. The summed E-state index contributed by atoms with van der Waals surface area (Å²) >= 11 is 1.39. The summed E-state index contributed by atoms with van der Waals surface area (Å²) in [6, 6.07) is 15.9. The molecule has 120 valence electrons.